The zero-order valence-corrected chi connectivity index (χ0v) is 44.3. The number of carbonyl (C=O) groups is 1. The van der Waals surface area contributed by atoms with Crippen LogP contribution in [-0.4, -0.2) is 73.4 Å². The molecule has 0 aliphatic rings. The van der Waals surface area contributed by atoms with Crippen LogP contribution in [0.25, 0.3) is 0 Å². The summed E-state index contributed by atoms with van der Waals surface area (Å²) in [5.41, 5.74) is 0. The number of aliphatic hydroxyl groups excluding tert-OH is 1. The molecule has 0 bridgehead atoms. The topological polar surface area (TPSA) is 105 Å². The van der Waals surface area contributed by atoms with Crippen LogP contribution in [0.4, 0.5) is 0 Å². The van der Waals surface area contributed by atoms with Crippen LogP contribution in [0.5, 0.6) is 0 Å². The molecule has 382 valence electrons. The molecule has 8 nitrogen and oxygen atoms in total. The molecule has 3 atom stereocenters. The molecular weight excluding hydrogens is 840 g/mol. The van der Waals surface area contributed by atoms with Crippen molar-refractivity contribution in [3.63, 3.8) is 0 Å². The lowest BCUT2D eigenvalue weighted by atomic mass is 10.0. The molecule has 0 heterocycles. The molecule has 0 saturated carbocycles. The lowest BCUT2D eigenvalue weighted by molar-refractivity contribution is -0.870. The van der Waals surface area contributed by atoms with Gasteiger partial charge in [0.15, 0.2) is 0 Å². The van der Waals surface area contributed by atoms with E-state index in [-0.39, 0.29) is 19.1 Å². The van der Waals surface area contributed by atoms with Gasteiger partial charge in [-0.25, -0.2) is 4.57 Å². The minimum atomic E-state index is -4.35. The quantitative estimate of drug-likeness (QED) is 0.0243. The molecule has 0 fully saturated rings. The average molecular weight is 944 g/mol. The number of hydrogen-bond acceptors (Lipinski definition) is 5. The van der Waals surface area contributed by atoms with Gasteiger partial charge in [-0.15, -0.1) is 0 Å². The second kappa shape index (κ2) is 47.7. The minimum Gasteiger partial charge on any atom is -0.387 e. The van der Waals surface area contributed by atoms with Crippen molar-refractivity contribution in [1.29, 1.82) is 0 Å². The van der Waals surface area contributed by atoms with E-state index in [4.69, 9.17) is 9.05 Å². The molecule has 3 N–H and O–H groups in total. The van der Waals surface area contributed by atoms with Gasteiger partial charge in [-0.05, 0) is 70.6 Å². The summed E-state index contributed by atoms with van der Waals surface area (Å²) < 4.78 is 23.7. The molecule has 9 heteroatoms. The largest absolute Gasteiger partial charge is 0.472 e. The van der Waals surface area contributed by atoms with Gasteiger partial charge in [0.05, 0.1) is 39.9 Å². The summed E-state index contributed by atoms with van der Waals surface area (Å²) >= 11 is 0. The van der Waals surface area contributed by atoms with Crippen molar-refractivity contribution in [1.82, 2.24) is 5.32 Å². The van der Waals surface area contributed by atoms with E-state index in [1.165, 1.54) is 116 Å². The highest BCUT2D eigenvalue weighted by atomic mass is 31.2. The van der Waals surface area contributed by atoms with Crippen LogP contribution in [0, 0.1) is 0 Å². The number of carbonyl (C=O) groups excluding carboxylic acids is 1. The second-order valence-electron chi connectivity index (χ2n) is 19.2. The van der Waals surface area contributed by atoms with E-state index >= 15 is 0 Å². The molecule has 0 saturated heterocycles. The van der Waals surface area contributed by atoms with Gasteiger partial charge >= 0.3 is 7.82 Å². The average Bonchev–Trinajstić information content (AvgIpc) is 3.28. The number of nitrogens with one attached hydrogen (secondary N) is 1. The summed E-state index contributed by atoms with van der Waals surface area (Å²) in [5.74, 6) is -0.188. The van der Waals surface area contributed by atoms with Crippen molar-refractivity contribution < 1.29 is 32.9 Å². The number of phosphoric acid groups is 1. The van der Waals surface area contributed by atoms with Gasteiger partial charge in [0.25, 0.3) is 0 Å². The third kappa shape index (κ3) is 49.6. The van der Waals surface area contributed by atoms with Crippen molar-refractivity contribution in [3.8, 4) is 0 Å². The third-order valence-electron chi connectivity index (χ3n) is 11.6. The molecule has 0 aromatic heterocycles. The summed E-state index contributed by atoms with van der Waals surface area (Å²) in [5, 5.41) is 13.9. The zero-order valence-electron chi connectivity index (χ0n) is 43.4. The Morgan fingerprint density at radius 3 is 1.33 bits per heavy atom. The number of aliphatic hydroxyl groups is 1. The Morgan fingerprint density at radius 1 is 0.530 bits per heavy atom. The maximum atomic E-state index is 13.0. The molecule has 0 rings (SSSR count). The zero-order chi connectivity index (χ0) is 48.5. The fraction of sp³-hybridized carbons (Fsp3) is 0.737. The van der Waals surface area contributed by atoms with E-state index in [1.807, 2.05) is 27.2 Å². The monoisotopic (exact) mass is 944 g/mol. The normalized spacial score (nSPS) is 14.7. The minimum absolute atomic E-state index is 0.0559. The van der Waals surface area contributed by atoms with E-state index in [0.29, 0.717) is 17.4 Å². The SMILES string of the molecule is CC/C=C\C/C=C\C/C=C\C/C=C\C/C=C\C/C=C\CCCCCCCCCCC(=O)NC(COP(=O)(O)OCC[N+](C)(C)C)C(O)/C=C/CCCCCCCCCCCCCCCCC. The highest BCUT2D eigenvalue weighted by molar-refractivity contribution is 7.47. The van der Waals surface area contributed by atoms with E-state index in [1.54, 1.807) is 6.08 Å². The van der Waals surface area contributed by atoms with Gasteiger partial charge in [0.2, 0.25) is 5.91 Å². The van der Waals surface area contributed by atoms with Gasteiger partial charge in [0.1, 0.15) is 13.2 Å². The van der Waals surface area contributed by atoms with Crippen LogP contribution in [0.15, 0.2) is 85.1 Å². The van der Waals surface area contributed by atoms with Gasteiger partial charge in [-0.2, -0.15) is 0 Å². The maximum Gasteiger partial charge on any atom is 0.472 e. The predicted octanol–water partition coefficient (Wildman–Crippen LogP) is 16.1. The lowest BCUT2D eigenvalue weighted by Gasteiger charge is -2.25. The molecule has 3 unspecified atom stereocenters. The summed E-state index contributed by atoms with van der Waals surface area (Å²) in [7, 11) is 1.56. The van der Waals surface area contributed by atoms with E-state index < -0.39 is 20.0 Å². The number of quaternary nitrogens is 1. The number of allylic oxidation sites excluding steroid dienone is 13. The Balaban J connectivity index is 4.29. The molecule has 0 aliphatic carbocycles. The molecule has 0 aromatic rings. The van der Waals surface area contributed by atoms with Gasteiger partial charge < -0.3 is 19.8 Å². The molecular formula is C57H104N2O6P+. The van der Waals surface area contributed by atoms with Crippen LogP contribution >= 0.6 is 7.82 Å². The molecule has 0 radical (unpaired) electrons. The second-order valence-corrected chi connectivity index (χ2v) is 20.7. The number of hydrogen-bond donors (Lipinski definition) is 3. The summed E-state index contributed by atoms with van der Waals surface area (Å²) in [6.45, 7) is 4.69. The molecule has 0 aliphatic heterocycles. The Kier molecular flexibility index (Phi) is 46.1. The van der Waals surface area contributed by atoms with E-state index in [2.05, 4.69) is 92.1 Å². The first-order chi connectivity index (χ1) is 32.0. The summed E-state index contributed by atoms with van der Waals surface area (Å²) in [6, 6.07) is -0.856. The van der Waals surface area contributed by atoms with Crippen LogP contribution in [0.2, 0.25) is 0 Å². The van der Waals surface area contributed by atoms with Crippen molar-refractivity contribution >= 4 is 13.7 Å². The standard InChI is InChI=1S/C57H103N2O6P/c1-6-8-10-12-14-16-18-20-22-24-25-26-27-28-29-30-31-32-33-35-37-39-41-43-45-47-49-51-57(61)58-55(54-65-66(62,63)64-53-52-59(3,4)5)56(60)50-48-46-44-42-40-38-36-34-23-21-19-17-15-13-11-9-7-2/h8,10,14,16,20,22,25-26,28-29,31-32,48,50,55-56,60H,6-7,9,11-13,15,17-19,21,23-24,27,30,33-47,49,51-54H2,1-5H3,(H-,58,61,62,63)/p+1/b10-8-,16-14-,22-20-,26-25-,29-28-,32-31-,50-48+. The number of rotatable bonds is 48. The van der Waals surface area contributed by atoms with Gasteiger partial charge in [-0.3, -0.25) is 13.8 Å². The summed E-state index contributed by atoms with van der Waals surface area (Å²) in [6.07, 6.45) is 66.6. The first-order valence-electron chi connectivity index (χ1n) is 27.0. The fourth-order valence-electron chi connectivity index (χ4n) is 7.40. The molecule has 0 aromatic carbocycles. The number of amides is 1. The number of likely N-dealkylation sites (N-methyl/N-ethyl adjacent to an activating group) is 1. The Bertz CT molecular complexity index is 1350. The first-order valence-corrected chi connectivity index (χ1v) is 28.5. The molecule has 66 heavy (non-hydrogen) atoms. The molecule has 0 spiro atoms. The van der Waals surface area contributed by atoms with Gasteiger partial charge in [-0.1, -0.05) is 227 Å². The fourth-order valence-corrected chi connectivity index (χ4v) is 8.13. The van der Waals surface area contributed by atoms with Crippen LogP contribution < -0.4 is 5.32 Å². The van der Waals surface area contributed by atoms with Crippen LogP contribution in [-0.2, 0) is 18.4 Å². The molecule has 1 amide bonds. The van der Waals surface area contributed by atoms with Crippen molar-refractivity contribution in [2.45, 2.75) is 231 Å². The van der Waals surface area contributed by atoms with Crippen LogP contribution in [0.1, 0.15) is 219 Å². The lowest BCUT2D eigenvalue weighted by Crippen LogP contribution is -2.45. The highest BCUT2D eigenvalue weighted by Crippen LogP contribution is 2.43. The Morgan fingerprint density at radius 2 is 0.909 bits per heavy atom. The maximum absolute atomic E-state index is 13.0. The number of unbranched alkanes of at least 4 members (excludes halogenated alkanes) is 23. The van der Waals surface area contributed by atoms with E-state index in [0.717, 1.165) is 83.5 Å². The third-order valence-corrected chi connectivity index (χ3v) is 12.6. The smallest absolute Gasteiger partial charge is 0.387 e. The van der Waals surface area contributed by atoms with Crippen molar-refractivity contribution in [3.05, 3.63) is 85.1 Å². The van der Waals surface area contributed by atoms with Crippen molar-refractivity contribution in [2.75, 3.05) is 40.9 Å². The predicted molar refractivity (Wildman–Crippen MR) is 286 cm³/mol. The Labute approximate surface area is 407 Å². The number of phosphoric ester groups is 1. The number of nitrogens with zero attached hydrogens (tertiary/aromatic N) is 1. The highest BCUT2D eigenvalue weighted by Gasteiger charge is 2.27. The first kappa shape index (κ1) is 63.7. The van der Waals surface area contributed by atoms with E-state index in [9.17, 15) is 19.4 Å². The van der Waals surface area contributed by atoms with Crippen molar-refractivity contribution in [2.24, 2.45) is 0 Å². The Hall–Kier alpha value is -2.32. The van der Waals surface area contributed by atoms with Crippen LogP contribution in [0.3, 0.4) is 0 Å². The summed E-state index contributed by atoms with van der Waals surface area (Å²) in [4.78, 5) is 23.3. The van der Waals surface area contributed by atoms with Gasteiger partial charge in [0, 0.05) is 6.42 Å².